The number of methoxy groups -OCH3 is 1. The number of rotatable bonds is 11. The van der Waals surface area contributed by atoms with Crippen molar-refractivity contribution in [3.05, 3.63) is 0 Å². The molecule has 3 nitrogen and oxygen atoms in total. The van der Waals surface area contributed by atoms with Crippen LogP contribution in [-0.2, 0) is 4.74 Å². The Kier molecular flexibility index (Phi) is 11.9. The normalized spacial score (nSPS) is 11.2. The Morgan fingerprint density at radius 3 is 2.27 bits per heavy atom. The maximum Gasteiger partial charge on any atom is 0.0462 e. The third-order valence-corrected chi connectivity index (χ3v) is 2.21. The van der Waals surface area contributed by atoms with Gasteiger partial charge < -0.3 is 15.4 Å². The molecule has 0 saturated heterocycles. The van der Waals surface area contributed by atoms with Crippen molar-refractivity contribution >= 4 is 0 Å². The summed E-state index contributed by atoms with van der Waals surface area (Å²) in [6, 6.07) is 0. The lowest BCUT2D eigenvalue weighted by Crippen LogP contribution is -2.25. The Bertz CT molecular complexity index is 118. The predicted octanol–water partition coefficient (Wildman–Crippen LogP) is 1.64. The lowest BCUT2D eigenvalue weighted by molar-refractivity contribution is 0.192. The van der Waals surface area contributed by atoms with Gasteiger partial charge in [-0.1, -0.05) is 13.8 Å². The number of ether oxygens (including phenoxy) is 1. The zero-order valence-corrected chi connectivity index (χ0v) is 10.6. The van der Waals surface area contributed by atoms with E-state index in [9.17, 15) is 0 Å². The molecule has 2 N–H and O–H groups in total. The maximum absolute atomic E-state index is 4.99. The van der Waals surface area contributed by atoms with E-state index in [1.165, 1.54) is 12.8 Å². The van der Waals surface area contributed by atoms with Gasteiger partial charge in [0.1, 0.15) is 0 Å². The number of hydrogen-bond acceptors (Lipinski definition) is 3. The molecule has 0 atom stereocenters. The van der Waals surface area contributed by atoms with Gasteiger partial charge in [-0.05, 0) is 51.4 Å². The first-order chi connectivity index (χ1) is 7.27. The third-order valence-electron chi connectivity index (χ3n) is 2.21. The van der Waals surface area contributed by atoms with Crippen LogP contribution in [0, 0.1) is 5.92 Å². The van der Waals surface area contributed by atoms with Gasteiger partial charge in [-0.25, -0.2) is 0 Å². The van der Waals surface area contributed by atoms with Crippen LogP contribution >= 0.6 is 0 Å². The van der Waals surface area contributed by atoms with Crippen molar-refractivity contribution in [1.82, 2.24) is 10.6 Å². The summed E-state index contributed by atoms with van der Waals surface area (Å²) in [6.07, 6.45) is 3.60. The van der Waals surface area contributed by atoms with Crippen molar-refractivity contribution in [3.63, 3.8) is 0 Å². The Hall–Kier alpha value is -0.120. The third kappa shape index (κ3) is 13.9. The summed E-state index contributed by atoms with van der Waals surface area (Å²) in [6.45, 7) is 9.86. The highest BCUT2D eigenvalue weighted by atomic mass is 16.5. The fourth-order valence-electron chi connectivity index (χ4n) is 1.35. The molecule has 0 spiro atoms. The van der Waals surface area contributed by atoms with Gasteiger partial charge in [0.05, 0.1) is 0 Å². The highest BCUT2D eigenvalue weighted by molar-refractivity contribution is 4.54. The van der Waals surface area contributed by atoms with Gasteiger partial charge >= 0.3 is 0 Å². The van der Waals surface area contributed by atoms with Gasteiger partial charge in [0.2, 0.25) is 0 Å². The van der Waals surface area contributed by atoms with E-state index in [0.29, 0.717) is 0 Å². The number of nitrogens with one attached hydrogen (secondary N) is 2. The second-order valence-electron chi connectivity index (χ2n) is 4.40. The van der Waals surface area contributed by atoms with Crippen LogP contribution in [0.2, 0.25) is 0 Å². The van der Waals surface area contributed by atoms with Gasteiger partial charge in [-0.2, -0.15) is 0 Å². The van der Waals surface area contributed by atoms with Crippen molar-refractivity contribution in [2.24, 2.45) is 5.92 Å². The maximum atomic E-state index is 4.99. The van der Waals surface area contributed by atoms with Crippen molar-refractivity contribution in [3.8, 4) is 0 Å². The van der Waals surface area contributed by atoms with Crippen LogP contribution in [-0.4, -0.2) is 39.9 Å². The van der Waals surface area contributed by atoms with Gasteiger partial charge in [0.15, 0.2) is 0 Å². The molecule has 0 radical (unpaired) electrons. The van der Waals surface area contributed by atoms with Crippen molar-refractivity contribution in [2.45, 2.75) is 33.1 Å². The average molecular weight is 216 g/mol. The lowest BCUT2D eigenvalue weighted by atomic mass is 10.2. The van der Waals surface area contributed by atoms with Crippen LogP contribution in [0.15, 0.2) is 0 Å². The highest BCUT2D eigenvalue weighted by Gasteiger charge is 1.92. The first-order valence-electron chi connectivity index (χ1n) is 6.17. The molecule has 92 valence electrons. The van der Waals surface area contributed by atoms with E-state index in [-0.39, 0.29) is 0 Å². The molecular formula is C12H28N2O. The van der Waals surface area contributed by atoms with Crippen LogP contribution in [0.25, 0.3) is 0 Å². The van der Waals surface area contributed by atoms with Gasteiger partial charge in [-0.3, -0.25) is 0 Å². The average Bonchev–Trinajstić information content (AvgIpc) is 2.20. The molecule has 3 heteroatoms. The summed E-state index contributed by atoms with van der Waals surface area (Å²) in [4.78, 5) is 0. The molecule has 0 aliphatic heterocycles. The molecular weight excluding hydrogens is 188 g/mol. The zero-order valence-electron chi connectivity index (χ0n) is 10.6. The summed E-state index contributed by atoms with van der Waals surface area (Å²) >= 11 is 0. The smallest absolute Gasteiger partial charge is 0.0462 e. The van der Waals surface area contributed by atoms with Gasteiger partial charge in [-0.15, -0.1) is 0 Å². The number of unbranched alkanes of at least 4 members (excludes halogenated alkanes) is 1. The van der Waals surface area contributed by atoms with E-state index in [2.05, 4.69) is 24.5 Å². The zero-order chi connectivity index (χ0) is 11.4. The van der Waals surface area contributed by atoms with E-state index >= 15 is 0 Å². The van der Waals surface area contributed by atoms with E-state index in [0.717, 1.165) is 45.1 Å². The molecule has 0 bridgehead atoms. The standard InChI is InChI=1S/C12H28N2O/c1-12(2)11-14-9-6-8-13-7-4-5-10-15-3/h12-14H,4-11H2,1-3H3. The minimum atomic E-state index is 0.756. The molecule has 0 saturated carbocycles. The molecule has 0 aromatic heterocycles. The van der Waals surface area contributed by atoms with E-state index < -0.39 is 0 Å². The Morgan fingerprint density at radius 1 is 0.933 bits per heavy atom. The summed E-state index contributed by atoms with van der Waals surface area (Å²) < 4.78 is 4.99. The minimum absolute atomic E-state index is 0.756. The van der Waals surface area contributed by atoms with Crippen molar-refractivity contribution in [2.75, 3.05) is 39.9 Å². The van der Waals surface area contributed by atoms with Crippen LogP contribution in [0.3, 0.4) is 0 Å². The van der Waals surface area contributed by atoms with Crippen LogP contribution in [0.5, 0.6) is 0 Å². The van der Waals surface area contributed by atoms with E-state index in [1.807, 2.05) is 0 Å². The first-order valence-corrected chi connectivity index (χ1v) is 6.17. The highest BCUT2D eigenvalue weighted by Crippen LogP contribution is 1.88. The molecule has 0 amide bonds. The SMILES string of the molecule is COCCCCNCCCNCC(C)C. The molecule has 0 heterocycles. The van der Waals surface area contributed by atoms with Crippen molar-refractivity contribution < 1.29 is 4.74 Å². The molecule has 0 fully saturated rings. The summed E-state index contributed by atoms with van der Waals surface area (Å²) in [5.41, 5.74) is 0. The summed E-state index contributed by atoms with van der Waals surface area (Å²) in [5.74, 6) is 0.756. The lowest BCUT2D eigenvalue weighted by Gasteiger charge is -2.07. The topological polar surface area (TPSA) is 33.3 Å². The van der Waals surface area contributed by atoms with Crippen molar-refractivity contribution in [1.29, 1.82) is 0 Å². The first kappa shape index (κ1) is 14.9. The Morgan fingerprint density at radius 2 is 1.60 bits per heavy atom. The molecule has 0 unspecified atom stereocenters. The molecule has 15 heavy (non-hydrogen) atoms. The van der Waals surface area contributed by atoms with Crippen LogP contribution in [0.4, 0.5) is 0 Å². The largest absolute Gasteiger partial charge is 0.385 e. The molecule has 0 aromatic carbocycles. The van der Waals surface area contributed by atoms with Crippen LogP contribution < -0.4 is 10.6 Å². The quantitative estimate of drug-likeness (QED) is 0.515. The minimum Gasteiger partial charge on any atom is -0.385 e. The second-order valence-corrected chi connectivity index (χ2v) is 4.40. The predicted molar refractivity (Wildman–Crippen MR) is 66.3 cm³/mol. The Balaban J connectivity index is 2.87. The van der Waals surface area contributed by atoms with Crippen LogP contribution in [0.1, 0.15) is 33.1 Å². The number of hydrogen-bond donors (Lipinski definition) is 2. The Labute approximate surface area is 95.0 Å². The molecule has 0 rings (SSSR count). The van der Waals surface area contributed by atoms with E-state index in [1.54, 1.807) is 7.11 Å². The van der Waals surface area contributed by atoms with E-state index in [4.69, 9.17) is 4.74 Å². The summed E-state index contributed by atoms with van der Waals surface area (Å²) in [5, 5.41) is 6.87. The molecule has 0 aliphatic rings. The monoisotopic (exact) mass is 216 g/mol. The fourth-order valence-corrected chi connectivity index (χ4v) is 1.35. The molecule has 0 aliphatic carbocycles. The second kappa shape index (κ2) is 12.0. The fraction of sp³-hybridized carbons (Fsp3) is 1.00. The van der Waals surface area contributed by atoms with Gasteiger partial charge in [0, 0.05) is 13.7 Å². The van der Waals surface area contributed by atoms with Gasteiger partial charge in [0.25, 0.3) is 0 Å². The summed E-state index contributed by atoms with van der Waals surface area (Å²) in [7, 11) is 1.76. The molecule has 0 aromatic rings.